The highest BCUT2D eigenvalue weighted by Gasteiger charge is 2.38. The van der Waals surface area contributed by atoms with E-state index in [0.29, 0.717) is 5.56 Å². The molecule has 0 bridgehead atoms. The van der Waals surface area contributed by atoms with E-state index in [1.165, 1.54) is 0 Å². The lowest BCUT2D eigenvalue weighted by Gasteiger charge is -2.28. The molecule has 0 saturated heterocycles. The molecule has 3 aromatic rings. The third-order valence-electron chi connectivity index (χ3n) is 3.75. The first-order valence-corrected chi connectivity index (χ1v) is 7.61. The molecule has 0 spiro atoms. The van der Waals surface area contributed by atoms with E-state index in [2.05, 4.69) is 0 Å². The van der Waals surface area contributed by atoms with Crippen LogP contribution in [0.5, 0.6) is 0 Å². The van der Waals surface area contributed by atoms with E-state index in [1.54, 1.807) is 0 Å². The SMILES string of the molecule is O=C(c1ccccc1)C(S)(c1ccccc1)c1ccccc1. The Morgan fingerprint density at radius 1 is 0.636 bits per heavy atom. The van der Waals surface area contributed by atoms with Crippen molar-refractivity contribution in [1.82, 2.24) is 0 Å². The number of thiol groups is 1. The number of hydrogen-bond acceptors (Lipinski definition) is 2. The molecular formula is C20H16OS. The second-order valence-corrected chi connectivity index (χ2v) is 5.81. The first-order valence-electron chi connectivity index (χ1n) is 7.16. The molecule has 0 radical (unpaired) electrons. The van der Waals surface area contributed by atoms with Gasteiger partial charge in [0.1, 0.15) is 4.75 Å². The third kappa shape index (κ3) is 2.58. The van der Waals surface area contributed by atoms with Crippen LogP contribution in [-0.4, -0.2) is 5.78 Å². The molecule has 0 heterocycles. The van der Waals surface area contributed by atoms with Crippen molar-refractivity contribution < 1.29 is 4.79 Å². The van der Waals surface area contributed by atoms with Gasteiger partial charge in [-0.1, -0.05) is 91.0 Å². The Morgan fingerprint density at radius 2 is 1.00 bits per heavy atom. The number of benzene rings is 3. The number of ketones is 1. The molecule has 0 aliphatic heterocycles. The standard InChI is InChI=1S/C20H16OS/c21-19(16-10-4-1-5-11-16)20(22,17-12-6-2-7-13-17)18-14-8-3-9-15-18/h1-15,22H. The molecule has 2 heteroatoms. The zero-order valence-corrected chi connectivity index (χ0v) is 12.9. The van der Waals surface area contributed by atoms with E-state index in [0.717, 1.165) is 11.1 Å². The molecule has 0 N–H and O–H groups in total. The Morgan fingerprint density at radius 3 is 1.41 bits per heavy atom. The van der Waals surface area contributed by atoms with Gasteiger partial charge in [-0.25, -0.2) is 0 Å². The summed E-state index contributed by atoms with van der Waals surface area (Å²) in [6, 6.07) is 28.7. The average Bonchev–Trinajstić information content (AvgIpc) is 2.62. The average molecular weight is 304 g/mol. The summed E-state index contributed by atoms with van der Waals surface area (Å²) < 4.78 is -0.996. The van der Waals surface area contributed by atoms with Gasteiger partial charge >= 0.3 is 0 Å². The molecule has 0 aliphatic carbocycles. The van der Waals surface area contributed by atoms with Crippen molar-refractivity contribution in [3.63, 3.8) is 0 Å². The summed E-state index contributed by atoms with van der Waals surface area (Å²) in [4.78, 5) is 13.2. The Kier molecular flexibility index (Phi) is 4.12. The van der Waals surface area contributed by atoms with Gasteiger partial charge in [-0.05, 0) is 11.1 Å². The number of Topliss-reactive ketones (excluding diaryl/α,β-unsaturated/α-hetero) is 1. The van der Waals surface area contributed by atoms with Crippen LogP contribution in [0.3, 0.4) is 0 Å². The number of rotatable bonds is 4. The smallest absolute Gasteiger partial charge is 0.187 e. The van der Waals surface area contributed by atoms with Gasteiger partial charge in [-0.2, -0.15) is 12.6 Å². The van der Waals surface area contributed by atoms with Crippen molar-refractivity contribution in [2.45, 2.75) is 4.75 Å². The Bertz CT molecular complexity index is 712. The molecule has 0 saturated carbocycles. The topological polar surface area (TPSA) is 17.1 Å². The minimum absolute atomic E-state index is 0.0196. The molecule has 1 nitrogen and oxygen atoms in total. The maximum absolute atomic E-state index is 13.2. The van der Waals surface area contributed by atoms with Crippen molar-refractivity contribution in [2.24, 2.45) is 0 Å². The fourth-order valence-electron chi connectivity index (χ4n) is 2.59. The summed E-state index contributed by atoms with van der Waals surface area (Å²) in [5.74, 6) is -0.0196. The molecule has 3 rings (SSSR count). The second-order valence-electron chi connectivity index (χ2n) is 5.14. The summed E-state index contributed by atoms with van der Waals surface area (Å²) >= 11 is 4.85. The first kappa shape index (κ1) is 14.6. The molecular weight excluding hydrogens is 288 g/mol. The Labute approximate surface area is 136 Å². The summed E-state index contributed by atoms with van der Waals surface area (Å²) in [6.45, 7) is 0. The Hall–Kier alpha value is -2.32. The molecule has 3 aromatic carbocycles. The van der Waals surface area contributed by atoms with Crippen LogP contribution in [0.1, 0.15) is 21.5 Å². The van der Waals surface area contributed by atoms with Gasteiger partial charge in [0.05, 0.1) is 0 Å². The third-order valence-corrected chi connectivity index (χ3v) is 4.47. The predicted molar refractivity (Wildman–Crippen MR) is 93.4 cm³/mol. The fraction of sp³-hybridized carbons (Fsp3) is 0.0500. The van der Waals surface area contributed by atoms with Crippen LogP contribution < -0.4 is 0 Å². The number of hydrogen-bond donors (Lipinski definition) is 1. The molecule has 0 amide bonds. The van der Waals surface area contributed by atoms with Gasteiger partial charge < -0.3 is 0 Å². The summed E-state index contributed by atoms with van der Waals surface area (Å²) in [5, 5.41) is 0. The monoisotopic (exact) mass is 304 g/mol. The van der Waals surface area contributed by atoms with Crippen molar-refractivity contribution in [2.75, 3.05) is 0 Å². The summed E-state index contributed by atoms with van der Waals surface area (Å²) in [7, 11) is 0. The van der Waals surface area contributed by atoms with Gasteiger partial charge in [0.15, 0.2) is 5.78 Å². The molecule has 0 aliphatic rings. The normalized spacial score (nSPS) is 11.1. The number of carbonyl (C=O) groups excluding carboxylic acids is 1. The lowest BCUT2D eigenvalue weighted by molar-refractivity contribution is 0.0960. The maximum Gasteiger partial charge on any atom is 0.187 e. The maximum atomic E-state index is 13.2. The first-order chi connectivity index (χ1) is 10.7. The van der Waals surface area contributed by atoms with Crippen molar-refractivity contribution in [3.05, 3.63) is 108 Å². The summed E-state index contributed by atoms with van der Waals surface area (Å²) in [6.07, 6.45) is 0. The van der Waals surface area contributed by atoms with Crippen LogP contribution in [0.25, 0.3) is 0 Å². The van der Waals surface area contributed by atoms with Crippen LogP contribution in [0.4, 0.5) is 0 Å². The van der Waals surface area contributed by atoms with Crippen LogP contribution in [0.2, 0.25) is 0 Å². The van der Waals surface area contributed by atoms with Gasteiger partial charge in [-0.3, -0.25) is 4.79 Å². The van der Waals surface area contributed by atoms with Gasteiger partial charge in [-0.15, -0.1) is 0 Å². The zero-order chi connectivity index (χ0) is 15.4. The van der Waals surface area contributed by atoms with E-state index < -0.39 is 4.75 Å². The lowest BCUT2D eigenvalue weighted by Crippen LogP contribution is -2.31. The predicted octanol–water partition coefficient (Wildman–Crippen LogP) is 4.74. The zero-order valence-electron chi connectivity index (χ0n) is 12.0. The molecule has 0 aromatic heterocycles. The van der Waals surface area contributed by atoms with Crippen molar-refractivity contribution >= 4 is 18.4 Å². The van der Waals surface area contributed by atoms with Crippen molar-refractivity contribution in [3.8, 4) is 0 Å². The molecule has 22 heavy (non-hydrogen) atoms. The highest BCUT2D eigenvalue weighted by Crippen LogP contribution is 2.39. The molecule has 108 valence electrons. The van der Waals surface area contributed by atoms with Gasteiger partial charge in [0.25, 0.3) is 0 Å². The highest BCUT2D eigenvalue weighted by atomic mass is 32.1. The van der Waals surface area contributed by atoms with Crippen LogP contribution in [0, 0.1) is 0 Å². The van der Waals surface area contributed by atoms with E-state index in [1.807, 2.05) is 91.0 Å². The fourth-order valence-corrected chi connectivity index (χ4v) is 3.01. The Balaban J connectivity index is 2.18. The second kappa shape index (κ2) is 6.20. The summed E-state index contributed by atoms with van der Waals surface area (Å²) in [5.41, 5.74) is 2.40. The molecule has 0 atom stereocenters. The van der Waals surface area contributed by atoms with Gasteiger partial charge in [0, 0.05) is 5.56 Å². The largest absolute Gasteiger partial charge is 0.292 e. The molecule has 0 unspecified atom stereocenters. The van der Waals surface area contributed by atoms with Crippen LogP contribution in [-0.2, 0) is 4.75 Å². The lowest BCUT2D eigenvalue weighted by atomic mass is 9.84. The molecule has 0 fully saturated rings. The van der Waals surface area contributed by atoms with E-state index in [9.17, 15) is 4.79 Å². The highest BCUT2D eigenvalue weighted by molar-refractivity contribution is 7.82. The van der Waals surface area contributed by atoms with Crippen LogP contribution in [0.15, 0.2) is 91.0 Å². The van der Waals surface area contributed by atoms with E-state index in [4.69, 9.17) is 12.6 Å². The minimum atomic E-state index is -0.996. The van der Waals surface area contributed by atoms with Crippen molar-refractivity contribution in [1.29, 1.82) is 0 Å². The quantitative estimate of drug-likeness (QED) is 0.544. The minimum Gasteiger partial charge on any atom is -0.292 e. The van der Waals surface area contributed by atoms with E-state index in [-0.39, 0.29) is 5.78 Å². The number of carbonyl (C=O) groups is 1. The van der Waals surface area contributed by atoms with E-state index >= 15 is 0 Å². The van der Waals surface area contributed by atoms with Crippen LogP contribution >= 0.6 is 12.6 Å². The van der Waals surface area contributed by atoms with Gasteiger partial charge in [0.2, 0.25) is 0 Å².